The molecule has 8 heteroatoms. The summed E-state index contributed by atoms with van der Waals surface area (Å²) in [7, 11) is 0. The lowest BCUT2D eigenvalue weighted by Gasteiger charge is -2.27. The molecule has 1 aliphatic rings. The third-order valence-corrected chi connectivity index (χ3v) is 4.42. The van der Waals surface area contributed by atoms with Gasteiger partial charge in [-0.3, -0.25) is 4.79 Å². The Kier molecular flexibility index (Phi) is 8.73. The van der Waals surface area contributed by atoms with Crippen LogP contribution in [0.2, 0.25) is 5.02 Å². The van der Waals surface area contributed by atoms with Gasteiger partial charge in [-0.1, -0.05) is 18.5 Å². The van der Waals surface area contributed by atoms with E-state index in [1.54, 1.807) is 0 Å². The fraction of sp³-hybridized carbons (Fsp3) is 0.562. The number of carbonyl (C=O) groups excluding carboxylic acids is 1. The van der Waals surface area contributed by atoms with Gasteiger partial charge in [-0.05, 0) is 56.0 Å². The molecular weight excluding hydrogens is 361 g/mol. The van der Waals surface area contributed by atoms with E-state index in [0.29, 0.717) is 23.9 Å². The number of carbonyl (C=O) groups is 1. The Balaban J connectivity index is 0.00000288. The summed E-state index contributed by atoms with van der Waals surface area (Å²) in [5.41, 5.74) is 0.471. The summed E-state index contributed by atoms with van der Waals surface area (Å²) in [6.07, 6.45) is 2.59. The van der Waals surface area contributed by atoms with Crippen LogP contribution in [0.5, 0.6) is 5.75 Å². The second kappa shape index (κ2) is 10.0. The summed E-state index contributed by atoms with van der Waals surface area (Å²) in [6, 6.07) is 4.23. The van der Waals surface area contributed by atoms with Gasteiger partial charge < -0.3 is 15.4 Å². The van der Waals surface area contributed by atoms with E-state index in [0.717, 1.165) is 25.9 Å². The molecule has 1 amide bonds. The lowest BCUT2D eigenvalue weighted by Crippen LogP contribution is -2.32. The van der Waals surface area contributed by atoms with Crippen LogP contribution in [-0.2, 0) is 4.79 Å². The van der Waals surface area contributed by atoms with E-state index in [4.69, 9.17) is 11.6 Å². The molecule has 4 nitrogen and oxygen atoms in total. The van der Waals surface area contributed by atoms with Crippen molar-refractivity contribution < 1.29 is 18.3 Å². The number of anilines is 1. The number of halogens is 4. The quantitative estimate of drug-likeness (QED) is 0.769. The monoisotopic (exact) mass is 382 g/mol. The molecule has 0 bridgehead atoms. The molecule has 0 aromatic heterocycles. The number of piperidine rings is 1. The first-order valence-electron chi connectivity index (χ1n) is 7.70. The number of hydrogen-bond donors (Lipinski definition) is 2. The molecule has 1 fully saturated rings. The van der Waals surface area contributed by atoms with Crippen LogP contribution in [0.15, 0.2) is 18.2 Å². The minimum atomic E-state index is -2.93. The maximum atomic E-state index is 12.2. The molecule has 24 heavy (non-hydrogen) atoms. The van der Waals surface area contributed by atoms with Crippen LogP contribution < -0.4 is 15.4 Å². The normalized spacial score (nSPS) is 16.4. The maximum Gasteiger partial charge on any atom is 0.387 e. The SMILES string of the molecule is CC(CC(=O)Nc1ccc(OC(F)F)c(Cl)c1)C1CCNCC1.Cl. The molecule has 2 rings (SSSR count). The van der Waals surface area contributed by atoms with Crippen molar-refractivity contribution >= 4 is 35.6 Å². The molecular formula is C16H22Cl2F2N2O2. The third-order valence-electron chi connectivity index (χ3n) is 4.13. The minimum Gasteiger partial charge on any atom is -0.433 e. The van der Waals surface area contributed by atoms with E-state index in [-0.39, 0.29) is 29.1 Å². The van der Waals surface area contributed by atoms with Crippen molar-refractivity contribution in [3.63, 3.8) is 0 Å². The van der Waals surface area contributed by atoms with E-state index in [1.165, 1.54) is 18.2 Å². The van der Waals surface area contributed by atoms with Crippen LogP contribution in [0, 0.1) is 11.8 Å². The van der Waals surface area contributed by atoms with Gasteiger partial charge in [0.05, 0.1) is 5.02 Å². The molecule has 1 saturated heterocycles. The Morgan fingerprint density at radius 3 is 2.67 bits per heavy atom. The van der Waals surface area contributed by atoms with Gasteiger partial charge in [0.2, 0.25) is 5.91 Å². The topological polar surface area (TPSA) is 50.4 Å². The van der Waals surface area contributed by atoms with Crippen molar-refractivity contribution in [3.05, 3.63) is 23.2 Å². The van der Waals surface area contributed by atoms with Gasteiger partial charge in [0, 0.05) is 12.1 Å². The van der Waals surface area contributed by atoms with Gasteiger partial charge in [0.1, 0.15) is 5.75 Å². The summed E-state index contributed by atoms with van der Waals surface area (Å²) < 4.78 is 28.6. The van der Waals surface area contributed by atoms with Crippen molar-refractivity contribution in [1.29, 1.82) is 0 Å². The summed E-state index contributed by atoms with van der Waals surface area (Å²) in [6.45, 7) is 1.15. The number of ether oxygens (including phenoxy) is 1. The lowest BCUT2D eigenvalue weighted by molar-refractivity contribution is -0.117. The number of benzene rings is 1. The second-order valence-electron chi connectivity index (χ2n) is 5.84. The van der Waals surface area contributed by atoms with Crippen molar-refractivity contribution in [2.24, 2.45) is 11.8 Å². The predicted molar refractivity (Wildman–Crippen MR) is 93.3 cm³/mol. The van der Waals surface area contributed by atoms with Crippen molar-refractivity contribution in [2.45, 2.75) is 32.8 Å². The Morgan fingerprint density at radius 1 is 1.42 bits per heavy atom. The number of alkyl halides is 2. The van der Waals surface area contributed by atoms with Crippen LogP contribution in [-0.4, -0.2) is 25.6 Å². The summed E-state index contributed by atoms with van der Waals surface area (Å²) >= 11 is 5.87. The van der Waals surface area contributed by atoms with Gasteiger partial charge in [-0.15, -0.1) is 12.4 Å². The van der Waals surface area contributed by atoms with Gasteiger partial charge >= 0.3 is 6.61 Å². The minimum absolute atomic E-state index is 0. The zero-order valence-corrected chi connectivity index (χ0v) is 14.9. The van der Waals surface area contributed by atoms with Gasteiger partial charge in [0.15, 0.2) is 0 Å². The van der Waals surface area contributed by atoms with Crippen molar-refractivity contribution in [1.82, 2.24) is 5.32 Å². The van der Waals surface area contributed by atoms with Gasteiger partial charge in [-0.2, -0.15) is 8.78 Å². The number of hydrogen-bond acceptors (Lipinski definition) is 3. The molecule has 1 atom stereocenters. The fourth-order valence-corrected chi connectivity index (χ4v) is 3.08. The molecule has 2 N–H and O–H groups in total. The Bertz CT molecular complexity index is 541. The smallest absolute Gasteiger partial charge is 0.387 e. The Labute approximate surface area is 151 Å². The number of amides is 1. The van der Waals surface area contributed by atoms with Crippen LogP contribution in [0.4, 0.5) is 14.5 Å². The van der Waals surface area contributed by atoms with Crippen molar-refractivity contribution in [2.75, 3.05) is 18.4 Å². The van der Waals surface area contributed by atoms with Crippen LogP contribution in [0.25, 0.3) is 0 Å². The van der Waals surface area contributed by atoms with E-state index >= 15 is 0 Å². The van der Waals surface area contributed by atoms with Crippen LogP contribution in [0.3, 0.4) is 0 Å². The zero-order valence-electron chi connectivity index (χ0n) is 13.4. The predicted octanol–water partition coefficient (Wildman–Crippen LogP) is 4.33. The highest BCUT2D eigenvalue weighted by Gasteiger charge is 2.22. The fourth-order valence-electron chi connectivity index (χ4n) is 2.85. The number of rotatable bonds is 6. The largest absolute Gasteiger partial charge is 0.433 e. The first-order chi connectivity index (χ1) is 11.0. The summed E-state index contributed by atoms with van der Waals surface area (Å²) in [4.78, 5) is 12.1. The molecule has 0 aliphatic carbocycles. The average Bonchev–Trinajstić information content (AvgIpc) is 2.50. The van der Waals surface area contributed by atoms with E-state index in [1.807, 2.05) is 0 Å². The standard InChI is InChI=1S/C16H21ClF2N2O2.ClH/c1-10(11-4-6-20-7-5-11)8-15(22)21-12-2-3-14(13(17)9-12)23-16(18)19;/h2-3,9-11,16,20H,4-8H2,1H3,(H,21,22);1H. The average molecular weight is 383 g/mol. The first kappa shape index (κ1) is 20.9. The van der Waals surface area contributed by atoms with Crippen LogP contribution in [0.1, 0.15) is 26.2 Å². The molecule has 136 valence electrons. The molecule has 1 unspecified atom stereocenters. The second-order valence-corrected chi connectivity index (χ2v) is 6.25. The first-order valence-corrected chi connectivity index (χ1v) is 8.08. The Hall–Kier alpha value is -1.11. The number of nitrogens with one attached hydrogen (secondary N) is 2. The molecule has 1 aliphatic heterocycles. The molecule has 0 saturated carbocycles. The van der Waals surface area contributed by atoms with E-state index < -0.39 is 6.61 Å². The van der Waals surface area contributed by atoms with E-state index in [2.05, 4.69) is 22.3 Å². The molecule has 0 spiro atoms. The molecule has 1 aromatic carbocycles. The highest BCUT2D eigenvalue weighted by Crippen LogP contribution is 2.29. The molecule has 1 heterocycles. The summed E-state index contributed by atoms with van der Waals surface area (Å²) in [5, 5.41) is 6.10. The van der Waals surface area contributed by atoms with Gasteiger partial charge in [-0.25, -0.2) is 0 Å². The highest BCUT2D eigenvalue weighted by atomic mass is 35.5. The van der Waals surface area contributed by atoms with Gasteiger partial charge in [0.25, 0.3) is 0 Å². The zero-order chi connectivity index (χ0) is 16.8. The molecule has 1 aromatic rings. The maximum absolute atomic E-state index is 12.2. The third kappa shape index (κ3) is 6.42. The highest BCUT2D eigenvalue weighted by molar-refractivity contribution is 6.32. The Morgan fingerprint density at radius 2 is 2.08 bits per heavy atom. The van der Waals surface area contributed by atoms with E-state index in [9.17, 15) is 13.6 Å². The lowest BCUT2D eigenvalue weighted by atomic mass is 9.84. The summed E-state index contributed by atoms with van der Waals surface area (Å²) in [5.74, 6) is 0.638. The van der Waals surface area contributed by atoms with Crippen LogP contribution >= 0.6 is 24.0 Å². The molecule has 0 radical (unpaired) electrons. The van der Waals surface area contributed by atoms with Crippen molar-refractivity contribution in [3.8, 4) is 5.75 Å².